The van der Waals surface area contributed by atoms with E-state index in [1.54, 1.807) is 0 Å². The summed E-state index contributed by atoms with van der Waals surface area (Å²) in [6, 6.07) is 8.80. The van der Waals surface area contributed by atoms with Crippen molar-refractivity contribution < 1.29 is 4.79 Å². The molecule has 2 N–H and O–H groups in total. The van der Waals surface area contributed by atoms with Crippen LogP contribution in [-0.4, -0.2) is 22.9 Å². The first-order valence-electron chi connectivity index (χ1n) is 7.58. The summed E-state index contributed by atoms with van der Waals surface area (Å²) in [6.07, 6.45) is 1.35. The lowest BCUT2D eigenvalue weighted by molar-refractivity contribution is -0.139. The number of piperidine rings is 1. The van der Waals surface area contributed by atoms with Crippen LogP contribution in [0.2, 0.25) is 0 Å². The molecule has 0 radical (unpaired) electrons. The average molecular weight is 274 g/mol. The predicted molar refractivity (Wildman–Crippen MR) is 82.5 cm³/mol. The molecule has 1 amide bonds. The Kier molecular flexibility index (Phi) is 4.48. The van der Waals surface area contributed by atoms with Crippen LogP contribution in [0.3, 0.4) is 0 Å². The Labute approximate surface area is 122 Å². The third kappa shape index (κ3) is 2.88. The minimum atomic E-state index is 0.0115. The van der Waals surface area contributed by atoms with E-state index >= 15 is 0 Å². The Hall–Kier alpha value is -1.35. The smallest absolute Gasteiger partial charge is 0.223 e. The van der Waals surface area contributed by atoms with Gasteiger partial charge in [0.1, 0.15) is 0 Å². The Morgan fingerprint density at radius 2 is 1.75 bits per heavy atom. The van der Waals surface area contributed by atoms with E-state index < -0.39 is 0 Å². The highest BCUT2D eigenvalue weighted by Crippen LogP contribution is 2.33. The van der Waals surface area contributed by atoms with Crippen LogP contribution in [0.15, 0.2) is 24.3 Å². The number of benzene rings is 1. The lowest BCUT2D eigenvalue weighted by Gasteiger charge is -2.42. The number of rotatable bonds is 3. The van der Waals surface area contributed by atoms with E-state index in [1.165, 1.54) is 5.56 Å². The molecule has 1 aromatic rings. The van der Waals surface area contributed by atoms with Crippen molar-refractivity contribution in [3.63, 3.8) is 0 Å². The number of hydrogen-bond donors (Lipinski definition) is 1. The molecular formula is C17H26N2O. The Morgan fingerprint density at radius 3 is 2.25 bits per heavy atom. The van der Waals surface area contributed by atoms with Crippen molar-refractivity contribution in [2.75, 3.05) is 0 Å². The zero-order valence-electron chi connectivity index (χ0n) is 13.0. The number of carbonyl (C=O) groups is 1. The first-order valence-corrected chi connectivity index (χ1v) is 7.58. The second kappa shape index (κ2) is 5.96. The molecule has 1 heterocycles. The van der Waals surface area contributed by atoms with E-state index in [4.69, 9.17) is 5.73 Å². The molecule has 110 valence electrons. The quantitative estimate of drug-likeness (QED) is 0.920. The summed E-state index contributed by atoms with van der Waals surface area (Å²) in [6.45, 7) is 8.49. The van der Waals surface area contributed by atoms with Crippen LogP contribution in [-0.2, 0) is 4.79 Å². The standard InChI is InChI=1S/C17H26N2O/c1-11(2)13-5-7-14(8-6-13)17-15(18)9-10-16(20)19(17)12(3)4/h5-8,11-12,15,17H,9-10,18H2,1-4H3. The molecule has 2 rings (SSSR count). The Morgan fingerprint density at radius 1 is 1.15 bits per heavy atom. The van der Waals surface area contributed by atoms with Crippen molar-refractivity contribution in [3.8, 4) is 0 Å². The van der Waals surface area contributed by atoms with Crippen molar-refractivity contribution in [2.45, 2.75) is 64.6 Å². The van der Waals surface area contributed by atoms with E-state index in [-0.39, 0.29) is 24.0 Å². The van der Waals surface area contributed by atoms with Gasteiger partial charge in [-0.3, -0.25) is 4.79 Å². The molecule has 3 heteroatoms. The van der Waals surface area contributed by atoms with Crippen LogP contribution in [0.4, 0.5) is 0 Å². The normalized spacial score (nSPS) is 23.8. The SMILES string of the molecule is CC(C)c1ccc(C2C(N)CCC(=O)N2C(C)C)cc1. The van der Waals surface area contributed by atoms with E-state index in [0.717, 1.165) is 12.0 Å². The molecule has 0 aliphatic carbocycles. The first kappa shape index (κ1) is 15.0. The minimum Gasteiger partial charge on any atom is -0.332 e. The molecular weight excluding hydrogens is 248 g/mol. The maximum atomic E-state index is 12.2. The van der Waals surface area contributed by atoms with Crippen LogP contribution in [0, 0.1) is 0 Å². The van der Waals surface area contributed by atoms with Crippen LogP contribution < -0.4 is 5.73 Å². The molecule has 0 saturated carbocycles. The van der Waals surface area contributed by atoms with Crippen LogP contribution in [0.25, 0.3) is 0 Å². The number of likely N-dealkylation sites (tertiary alicyclic amines) is 1. The fourth-order valence-corrected chi connectivity index (χ4v) is 3.03. The highest BCUT2D eigenvalue weighted by Gasteiger charge is 2.36. The molecule has 1 aliphatic heterocycles. The maximum absolute atomic E-state index is 12.2. The van der Waals surface area contributed by atoms with Crippen LogP contribution in [0.1, 0.15) is 63.6 Å². The van der Waals surface area contributed by atoms with Gasteiger partial charge in [-0.1, -0.05) is 38.1 Å². The van der Waals surface area contributed by atoms with Gasteiger partial charge in [0.05, 0.1) is 6.04 Å². The fraction of sp³-hybridized carbons (Fsp3) is 0.588. The summed E-state index contributed by atoms with van der Waals surface area (Å²) in [5.74, 6) is 0.742. The van der Waals surface area contributed by atoms with Gasteiger partial charge in [0, 0.05) is 18.5 Å². The molecule has 20 heavy (non-hydrogen) atoms. The van der Waals surface area contributed by atoms with E-state index in [0.29, 0.717) is 12.3 Å². The molecule has 1 saturated heterocycles. The lowest BCUT2D eigenvalue weighted by atomic mass is 9.88. The van der Waals surface area contributed by atoms with E-state index in [1.807, 2.05) is 4.90 Å². The molecule has 1 aromatic carbocycles. The molecule has 0 bridgehead atoms. The van der Waals surface area contributed by atoms with Gasteiger partial charge >= 0.3 is 0 Å². The monoisotopic (exact) mass is 274 g/mol. The third-order valence-electron chi connectivity index (χ3n) is 4.19. The number of nitrogens with two attached hydrogens (primary N) is 1. The first-order chi connectivity index (χ1) is 9.41. The lowest BCUT2D eigenvalue weighted by Crippen LogP contribution is -2.51. The third-order valence-corrected chi connectivity index (χ3v) is 4.19. The Bertz CT molecular complexity index is 464. The van der Waals surface area contributed by atoms with Gasteiger partial charge in [0.25, 0.3) is 0 Å². The van der Waals surface area contributed by atoms with Crippen LogP contribution >= 0.6 is 0 Å². The van der Waals surface area contributed by atoms with Gasteiger partial charge < -0.3 is 10.6 Å². The molecule has 1 aliphatic rings. The van der Waals surface area contributed by atoms with Gasteiger partial charge in [-0.25, -0.2) is 0 Å². The topological polar surface area (TPSA) is 46.3 Å². The van der Waals surface area contributed by atoms with Crippen molar-refractivity contribution in [1.82, 2.24) is 4.90 Å². The fourth-order valence-electron chi connectivity index (χ4n) is 3.03. The Balaban J connectivity index is 2.33. The molecule has 2 unspecified atom stereocenters. The second-order valence-electron chi connectivity index (χ2n) is 6.36. The molecule has 0 spiro atoms. The number of hydrogen-bond acceptors (Lipinski definition) is 2. The van der Waals surface area contributed by atoms with Crippen molar-refractivity contribution in [2.24, 2.45) is 5.73 Å². The summed E-state index contributed by atoms with van der Waals surface area (Å²) < 4.78 is 0. The maximum Gasteiger partial charge on any atom is 0.223 e. The molecule has 3 nitrogen and oxygen atoms in total. The van der Waals surface area contributed by atoms with Gasteiger partial charge in [-0.15, -0.1) is 0 Å². The van der Waals surface area contributed by atoms with Crippen molar-refractivity contribution in [3.05, 3.63) is 35.4 Å². The number of nitrogens with zero attached hydrogens (tertiary/aromatic N) is 1. The van der Waals surface area contributed by atoms with E-state index in [2.05, 4.69) is 52.0 Å². The second-order valence-corrected chi connectivity index (χ2v) is 6.36. The summed E-state index contributed by atoms with van der Waals surface area (Å²) in [4.78, 5) is 14.2. The van der Waals surface area contributed by atoms with Gasteiger partial charge in [-0.05, 0) is 37.3 Å². The van der Waals surface area contributed by atoms with Gasteiger partial charge in [0.15, 0.2) is 0 Å². The van der Waals surface area contributed by atoms with E-state index in [9.17, 15) is 4.79 Å². The van der Waals surface area contributed by atoms with Gasteiger partial charge in [-0.2, -0.15) is 0 Å². The number of carbonyl (C=O) groups excluding carboxylic acids is 1. The zero-order valence-corrected chi connectivity index (χ0v) is 13.0. The zero-order chi connectivity index (χ0) is 14.9. The summed E-state index contributed by atoms with van der Waals surface area (Å²) in [5.41, 5.74) is 8.78. The van der Waals surface area contributed by atoms with Crippen molar-refractivity contribution >= 4 is 5.91 Å². The summed E-state index contributed by atoms with van der Waals surface area (Å²) in [5, 5.41) is 0. The summed E-state index contributed by atoms with van der Waals surface area (Å²) >= 11 is 0. The average Bonchev–Trinajstić information content (AvgIpc) is 2.40. The molecule has 2 atom stereocenters. The molecule has 1 fully saturated rings. The molecule has 0 aromatic heterocycles. The number of amides is 1. The predicted octanol–water partition coefficient (Wildman–Crippen LogP) is 3.21. The highest BCUT2D eigenvalue weighted by molar-refractivity contribution is 5.78. The van der Waals surface area contributed by atoms with Gasteiger partial charge in [0.2, 0.25) is 5.91 Å². The highest BCUT2D eigenvalue weighted by atomic mass is 16.2. The summed E-state index contributed by atoms with van der Waals surface area (Å²) in [7, 11) is 0. The van der Waals surface area contributed by atoms with Crippen molar-refractivity contribution in [1.29, 1.82) is 0 Å². The van der Waals surface area contributed by atoms with Crippen LogP contribution in [0.5, 0.6) is 0 Å². The minimum absolute atomic E-state index is 0.0115. The largest absolute Gasteiger partial charge is 0.332 e.